The van der Waals surface area contributed by atoms with Gasteiger partial charge in [0.05, 0.1) is 55.1 Å². The van der Waals surface area contributed by atoms with Gasteiger partial charge in [0.1, 0.15) is 42.5 Å². The van der Waals surface area contributed by atoms with Crippen LogP contribution in [-0.4, -0.2) is 192 Å². The molecule has 2 aromatic heterocycles. The van der Waals surface area contributed by atoms with E-state index >= 15 is 0 Å². The number of ether oxygens (including phenoxy) is 2. The number of hydrogen-bond donors (Lipinski definition) is 13. The number of benzene rings is 2. The number of aromatic amines is 1. The molecule has 488 valence electrons. The Kier molecular flexibility index (Phi) is 29.2. The third kappa shape index (κ3) is 23.4. The number of nitrogens with zero attached hydrogens (tertiary/aromatic N) is 5. The van der Waals surface area contributed by atoms with E-state index in [1.807, 2.05) is 32.6 Å². The summed E-state index contributed by atoms with van der Waals surface area (Å²) >= 11 is 0. The quantitative estimate of drug-likeness (QED) is 0.0149. The van der Waals surface area contributed by atoms with Crippen LogP contribution in [0.2, 0.25) is 0 Å². The molecule has 7 atom stereocenters. The summed E-state index contributed by atoms with van der Waals surface area (Å²) < 4.78 is 11.4. The number of fused-ring (bicyclic) bond motifs is 1. The highest BCUT2D eigenvalue weighted by atomic mass is 16.5. The third-order valence-corrected chi connectivity index (χ3v) is 15.2. The molecule has 4 aromatic rings. The van der Waals surface area contributed by atoms with Crippen molar-refractivity contribution in [2.45, 2.75) is 135 Å². The van der Waals surface area contributed by atoms with Gasteiger partial charge in [-0.2, -0.15) is 0 Å². The lowest BCUT2D eigenvalue weighted by molar-refractivity contribution is -0.137. The Balaban J connectivity index is 1.28. The van der Waals surface area contributed by atoms with Gasteiger partial charge in [0, 0.05) is 84.6 Å². The molecule has 29 heteroatoms. The largest absolute Gasteiger partial charge is 0.508 e. The lowest BCUT2D eigenvalue weighted by atomic mass is 9.98. The normalized spacial score (nSPS) is 14.7. The van der Waals surface area contributed by atoms with Crippen LogP contribution in [0.25, 0.3) is 10.9 Å². The number of anilines is 1. The van der Waals surface area contributed by atoms with Crippen molar-refractivity contribution < 1.29 is 52.9 Å². The molecule has 5 rings (SSSR count). The number of nitrogens with one attached hydrogen (secondary N) is 10. The van der Waals surface area contributed by atoms with Crippen molar-refractivity contribution in [1.82, 2.24) is 67.0 Å². The number of carbonyl (C=O) groups excluding carboxylic acids is 8. The van der Waals surface area contributed by atoms with E-state index in [0.717, 1.165) is 4.57 Å². The van der Waals surface area contributed by atoms with Crippen molar-refractivity contribution >= 4 is 69.8 Å². The van der Waals surface area contributed by atoms with E-state index in [4.69, 9.17) is 26.4 Å². The number of unbranched alkanes of at least 4 members (excludes halogenated alkanes) is 1. The summed E-state index contributed by atoms with van der Waals surface area (Å²) in [5, 5.41) is 39.7. The minimum Gasteiger partial charge on any atom is -0.508 e. The average molecular weight is 1240 g/mol. The molecule has 8 amide bonds. The number of aromatic nitrogens is 4. The molecule has 1 saturated heterocycles. The Labute approximate surface area is 518 Å². The molecule has 15 N–H and O–H groups in total. The van der Waals surface area contributed by atoms with Crippen LogP contribution in [0, 0.1) is 17.2 Å². The van der Waals surface area contributed by atoms with Gasteiger partial charge in [0.25, 0.3) is 5.56 Å². The lowest BCUT2D eigenvalue weighted by Crippen LogP contribution is -2.59. The molecule has 1 fully saturated rings. The maximum Gasteiger partial charge on any atom is 0.261 e. The number of likely N-dealkylation sites (N-methyl/N-ethyl adjacent to an activating group) is 1. The number of aromatic hydroxyl groups is 1. The number of amides is 8. The highest BCUT2D eigenvalue weighted by Crippen LogP contribution is 2.22. The van der Waals surface area contributed by atoms with E-state index in [1.165, 1.54) is 38.0 Å². The van der Waals surface area contributed by atoms with Gasteiger partial charge in [0.2, 0.25) is 47.3 Å². The Bertz CT molecular complexity index is 3030. The number of phenols is 1. The second-order valence-corrected chi connectivity index (χ2v) is 22.5. The zero-order valence-electron chi connectivity index (χ0n) is 51.9. The summed E-state index contributed by atoms with van der Waals surface area (Å²) in [4.78, 5) is 139. The number of nitrogens with two attached hydrogens (primary N) is 2. The van der Waals surface area contributed by atoms with Gasteiger partial charge in [-0.1, -0.05) is 46.2 Å². The standard InChI is InChI=1S/C60H91N17O12/c1-7-38(4)52(61)57(85)71-46(11-8-9-20-66-50(79)19-26-89-28-27-88-6)59(87)76-24-22-75(23-25-76)41-15-18-44-43(32-41)58(86)77(36-69-44)34-51(80)70-45(12-10-21-67-60(62)63)54(82)74-49(31-40-33-65-35-68-40)56(84)73-48(30-39-13-16-42(78)17-14-39)55(83)72-47(29-37(2)3)53(81)64-5/h13-18,32-33,35-38,45-49,52,78H,7-12,19-31,34,61H2,1-6H3,(H,64,81)(H,65,68)(H,66,79)(H,70,80)(H,71,85)(H,72,83)(H,73,84)(H,74,82)(H4,62,63,67)/t38-,45-,46-,47-,48-,49-,52-/m0/s1. The number of piperazine rings is 1. The number of guanidine groups is 1. The van der Waals surface area contributed by atoms with Crippen LogP contribution in [0.3, 0.4) is 0 Å². The van der Waals surface area contributed by atoms with Crippen molar-refractivity contribution in [2.75, 3.05) is 78.1 Å². The van der Waals surface area contributed by atoms with E-state index in [9.17, 15) is 48.3 Å². The molecular formula is C60H91N17O12. The Morgan fingerprint density at radius 2 is 1.39 bits per heavy atom. The number of methoxy groups -OCH3 is 1. The summed E-state index contributed by atoms with van der Waals surface area (Å²) in [6, 6.07) is 4.56. The summed E-state index contributed by atoms with van der Waals surface area (Å²) in [6.45, 7) is 10.00. The minimum atomic E-state index is -1.39. The first-order chi connectivity index (χ1) is 42.6. The second-order valence-electron chi connectivity index (χ2n) is 22.5. The summed E-state index contributed by atoms with van der Waals surface area (Å²) in [7, 11) is 3.01. The Hall–Kier alpha value is -8.70. The number of rotatable bonds is 37. The van der Waals surface area contributed by atoms with Crippen LogP contribution in [-0.2, 0) is 67.2 Å². The highest BCUT2D eigenvalue weighted by Gasteiger charge is 2.34. The number of H-pyrrole nitrogens is 1. The van der Waals surface area contributed by atoms with Crippen LogP contribution in [0.5, 0.6) is 5.75 Å². The molecule has 0 saturated carbocycles. The van der Waals surface area contributed by atoms with Gasteiger partial charge in [-0.05, 0) is 86.3 Å². The molecule has 0 bridgehead atoms. The fourth-order valence-corrected chi connectivity index (χ4v) is 9.88. The summed E-state index contributed by atoms with van der Waals surface area (Å²) in [6.07, 6.45) is 6.65. The van der Waals surface area contributed by atoms with Gasteiger partial charge < -0.3 is 83.4 Å². The number of hydrogen-bond acceptors (Lipinski definition) is 17. The van der Waals surface area contributed by atoms with Crippen molar-refractivity contribution in [1.29, 1.82) is 5.41 Å². The monoisotopic (exact) mass is 1240 g/mol. The van der Waals surface area contributed by atoms with Crippen molar-refractivity contribution in [2.24, 2.45) is 23.3 Å². The van der Waals surface area contributed by atoms with Crippen LogP contribution in [0.1, 0.15) is 90.3 Å². The number of carbonyl (C=O) groups is 8. The fraction of sp³-hybridized carbons (Fsp3) is 0.567. The maximum absolute atomic E-state index is 14.5. The van der Waals surface area contributed by atoms with Gasteiger partial charge in [0.15, 0.2) is 5.96 Å². The first kappa shape index (κ1) is 71.1. The first-order valence-corrected chi connectivity index (χ1v) is 30.3. The third-order valence-electron chi connectivity index (χ3n) is 15.2. The van der Waals surface area contributed by atoms with Gasteiger partial charge in [-0.3, -0.25) is 53.1 Å². The molecular weight excluding hydrogens is 1150 g/mol. The molecule has 1 aliphatic heterocycles. The van der Waals surface area contributed by atoms with E-state index in [0.29, 0.717) is 101 Å². The SMILES string of the molecule is CC[C@H](C)[C@H](N)C(=O)N[C@@H](CCCCNC(=O)CCOCCOC)C(=O)N1CCN(c2ccc3ncn(CC(=O)N[C@@H](CCCNC(=N)N)C(=O)N[C@@H](Cc4c[nH]cn4)C(=O)N[C@@H](Cc4ccc(O)cc4)C(=O)N[C@@H](CC(C)C)C(=O)NC)c(=O)c3c2)CC1. The molecule has 3 heterocycles. The van der Waals surface area contributed by atoms with Gasteiger partial charge >= 0.3 is 0 Å². The molecule has 0 radical (unpaired) electrons. The average Bonchev–Trinajstić information content (AvgIpc) is 3.45. The molecule has 0 unspecified atom stereocenters. The first-order valence-electron chi connectivity index (χ1n) is 30.3. The van der Waals surface area contributed by atoms with Gasteiger partial charge in [-0.15, -0.1) is 0 Å². The van der Waals surface area contributed by atoms with E-state index in [-0.39, 0.29) is 86.0 Å². The van der Waals surface area contributed by atoms with Crippen molar-refractivity contribution in [3.05, 3.63) is 82.9 Å². The molecule has 89 heavy (non-hydrogen) atoms. The van der Waals surface area contributed by atoms with E-state index in [1.54, 1.807) is 42.3 Å². The lowest BCUT2D eigenvalue weighted by Gasteiger charge is -2.38. The van der Waals surface area contributed by atoms with Crippen molar-refractivity contribution in [3.8, 4) is 5.75 Å². The Morgan fingerprint density at radius 3 is 2.03 bits per heavy atom. The second kappa shape index (κ2) is 36.6. The van der Waals surface area contributed by atoms with Gasteiger partial charge in [-0.25, -0.2) is 9.97 Å². The fourth-order valence-electron chi connectivity index (χ4n) is 9.88. The van der Waals surface area contributed by atoms with E-state index in [2.05, 4.69) is 57.5 Å². The predicted molar refractivity (Wildman–Crippen MR) is 333 cm³/mol. The molecule has 2 aromatic carbocycles. The zero-order valence-corrected chi connectivity index (χ0v) is 51.9. The molecule has 29 nitrogen and oxygen atoms in total. The zero-order chi connectivity index (χ0) is 65.0. The van der Waals surface area contributed by atoms with Crippen LogP contribution < -0.4 is 64.5 Å². The number of phenolic OH excluding ortho intramolecular Hbond substituents is 1. The van der Waals surface area contributed by atoms with E-state index < -0.39 is 83.8 Å². The summed E-state index contributed by atoms with van der Waals surface area (Å²) in [5.41, 5.74) is 13.2. The minimum absolute atomic E-state index is 0.00736. The summed E-state index contributed by atoms with van der Waals surface area (Å²) in [5.74, 6) is -4.77. The smallest absolute Gasteiger partial charge is 0.261 e. The Morgan fingerprint density at radius 1 is 0.742 bits per heavy atom. The maximum atomic E-state index is 14.5. The van der Waals surface area contributed by atoms with Crippen LogP contribution in [0.15, 0.2) is 66.1 Å². The predicted octanol–water partition coefficient (Wildman–Crippen LogP) is -0.848. The highest BCUT2D eigenvalue weighted by molar-refractivity contribution is 5.96. The molecule has 0 spiro atoms. The van der Waals surface area contributed by atoms with Crippen molar-refractivity contribution in [3.63, 3.8) is 0 Å². The topological polar surface area (TPSA) is 417 Å². The number of imidazole rings is 1. The van der Waals surface area contributed by atoms with Crippen LogP contribution in [0.4, 0.5) is 5.69 Å². The van der Waals surface area contributed by atoms with Crippen LogP contribution >= 0.6 is 0 Å². The molecule has 1 aliphatic rings. The molecule has 0 aliphatic carbocycles.